The molecule has 1 rings (SSSR count). The molecule has 1 aromatic carbocycles. The third-order valence-electron chi connectivity index (χ3n) is 1.58. The van der Waals surface area contributed by atoms with Crippen LogP contribution in [-0.4, -0.2) is 13.0 Å². The van der Waals surface area contributed by atoms with Crippen molar-refractivity contribution in [3.8, 4) is 0 Å². The molecule has 0 aliphatic carbocycles. The van der Waals surface area contributed by atoms with Crippen LogP contribution in [0.1, 0.15) is 5.56 Å². The lowest BCUT2D eigenvalue weighted by Crippen LogP contribution is -2.14. The maximum atomic E-state index is 12.9. The molecule has 2 nitrogen and oxygen atoms in total. The summed E-state index contributed by atoms with van der Waals surface area (Å²) in [5.41, 5.74) is 0.631. The van der Waals surface area contributed by atoms with Crippen molar-refractivity contribution in [2.24, 2.45) is 0 Å². The van der Waals surface area contributed by atoms with E-state index in [1.54, 1.807) is 18.2 Å². The highest BCUT2D eigenvalue weighted by Gasteiger charge is 1.98. The molecule has 0 radical (unpaired) electrons. The van der Waals surface area contributed by atoms with E-state index >= 15 is 0 Å². The van der Waals surface area contributed by atoms with Crippen molar-refractivity contribution in [2.45, 2.75) is 6.42 Å². The molecule has 0 saturated heterocycles. The number of halogens is 1. The number of benzene rings is 1. The summed E-state index contributed by atoms with van der Waals surface area (Å²) in [6.45, 7) is 0.477. The summed E-state index contributed by atoms with van der Waals surface area (Å²) >= 11 is 0. The Morgan fingerprint density at radius 2 is 2.17 bits per heavy atom. The van der Waals surface area contributed by atoms with Gasteiger partial charge >= 0.3 is 0 Å². The number of hydrogen-bond acceptors (Lipinski definition) is 1. The predicted octanol–water partition coefficient (Wildman–Crippen LogP) is 1.11. The second-order valence-electron chi connectivity index (χ2n) is 2.41. The maximum Gasteiger partial charge on any atom is 0.207 e. The predicted molar refractivity (Wildman–Crippen MR) is 44.2 cm³/mol. The molecule has 0 heterocycles. The fourth-order valence-corrected chi connectivity index (χ4v) is 0.967. The minimum Gasteiger partial charge on any atom is -0.358 e. The molecule has 1 aromatic rings. The smallest absolute Gasteiger partial charge is 0.207 e. The van der Waals surface area contributed by atoms with Gasteiger partial charge in [0.2, 0.25) is 6.41 Å². The Hall–Kier alpha value is -1.38. The highest BCUT2D eigenvalue weighted by molar-refractivity contribution is 5.45. The maximum absolute atomic E-state index is 12.9. The molecule has 0 aromatic heterocycles. The third-order valence-corrected chi connectivity index (χ3v) is 1.58. The Morgan fingerprint density at radius 1 is 1.42 bits per heavy atom. The Morgan fingerprint density at radius 3 is 2.83 bits per heavy atom. The lowest BCUT2D eigenvalue weighted by molar-refractivity contribution is -0.109. The van der Waals surface area contributed by atoms with E-state index in [1.807, 2.05) is 0 Å². The monoisotopic (exact) mass is 167 g/mol. The quantitative estimate of drug-likeness (QED) is 0.528. The van der Waals surface area contributed by atoms with E-state index in [0.717, 1.165) is 0 Å². The molecule has 1 amide bonds. The SMILES string of the molecule is O=CNCCc1ccccc1F. The number of nitrogens with one attached hydrogen (secondary N) is 1. The van der Waals surface area contributed by atoms with E-state index < -0.39 is 0 Å². The summed E-state index contributed by atoms with van der Waals surface area (Å²) in [6.07, 6.45) is 1.15. The van der Waals surface area contributed by atoms with Crippen molar-refractivity contribution in [3.63, 3.8) is 0 Å². The average Bonchev–Trinajstić information content (AvgIpc) is 2.09. The first-order valence-corrected chi connectivity index (χ1v) is 3.75. The number of rotatable bonds is 4. The average molecular weight is 167 g/mol. The van der Waals surface area contributed by atoms with E-state index in [4.69, 9.17) is 0 Å². The van der Waals surface area contributed by atoms with Gasteiger partial charge < -0.3 is 5.32 Å². The molecule has 0 unspecified atom stereocenters. The zero-order chi connectivity index (χ0) is 8.81. The van der Waals surface area contributed by atoms with Crippen LogP contribution in [0.25, 0.3) is 0 Å². The summed E-state index contributed by atoms with van der Waals surface area (Å²) in [5, 5.41) is 2.48. The summed E-state index contributed by atoms with van der Waals surface area (Å²) in [4.78, 5) is 9.88. The van der Waals surface area contributed by atoms with Gasteiger partial charge in [-0.1, -0.05) is 18.2 Å². The topological polar surface area (TPSA) is 29.1 Å². The normalized spacial score (nSPS) is 9.42. The Labute approximate surface area is 70.4 Å². The molecule has 1 N–H and O–H groups in total. The molecular formula is C9H10FNO. The van der Waals surface area contributed by atoms with Crippen molar-refractivity contribution < 1.29 is 9.18 Å². The molecule has 0 saturated carbocycles. The van der Waals surface area contributed by atoms with Gasteiger partial charge in [0, 0.05) is 6.54 Å². The van der Waals surface area contributed by atoms with Crippen LogP contribution in [0.4, 0.5) is 4.39 Å². The van der Waals surface area contributed by atoms with Crippen LogP contribution in [0.15, 0.2) is 24.3 Å². The van der Waals surface area contributed by atoms with Gasteiger partial charge in [0.15, 0.2) is 0 Å². The first-order chi connectivity index (χ1) is 5.84. The zero-order valence-electron chi connectivity index (χ0n) is 6.59. The van der Waals surface area contributed by atoms with Gasteiger partial charge in [-0.15, -0.1) is 0 Å². The lowest BCUT2D eigenvalue weighted by atomic mass is 10.1. The van der Waals surface area contributed by atoms with Crippen molar-refractivity contribution in [2.75, 3.05) is 6.54 Å². The fourth-order valence-electron chi connectivity index (χ4n) is 0.967. The molecule has 0 atom stereocenters. The van der Waals surface area contributed by atoms with Gasteiger partial charge in [-0.25, -0.2) is 4.39 Å². The molecule has 0 spiro atoms. The van der Waals surface area contributed by atoms with Gasteiger partial charge in [-0.05, 0) is 18.1 Å². The number of amides is 1. The molecule has 0 fully saturated rings. The third kappa shape index (κ3) is 2.34. The minimum absolute atomic E-state index is 0.217. The van der Waals surface area contributed by atoms with Crippen molar-refractivity contribution in [1.82, 2.24) is 5.32 Å². The van der Waals surface area contributed by atoms with Crippen LogP contribution in [0.3, 0.4) is 0 Å². The van der Waals surface area contributed by atoms with Crippen LogP contribution in [0.5, 0.6) is 0 Å². The number of carbonyl (C=O) groups excluding carboxylic acids is 1. The molecular weight excluding hydrogens is 157 g/mol. The molecule has 12 heavy (non-hydrogen) atoms. The van der Waals surface area contributed by atoms with Crippen LogP contribution in [0.2, 0.25) is 0 Å². The summed E-state index contributed by atoms with van der Waals surface area (Å²) in [5.74, 6) is -0.217. The number of hydrogen-bond donors (Lipinski definition) is 1. The second kappa shape index (κ2) is 4.49. The fraction of sp³-hybridized carbons (Fsp3) is 0.222. The first-order valence-electron chi connectivity index (χ1n) is 3.75. The Bertz CT molecular complexity index is 262. The van der Waals surface area contributed by atoms with Crippen LogP contribution in [-0.2, 0) is 11.2 Å². The van der Waals surface area contributed by atoms with Gasteiger partial charge in [-0.3, -0.25) is 4.79 Å². The summed E-state index contributed by atoms with van der Waals surface area (Å²) < 4.78 is 12.9. The van der Waals surface area contributed by atoms with E-state index in [9.17, 15) is 9.18 Å². The molecule has 0 aliphatic heterocycles. The van der Waals surface area contributed by atoms with Crippen molar-refractivity contribution >= 4 is 6.41 Å². The van der Waals surface area contributed by atoms with E-state index in [1.165, 1.54) is 6.07 Å². The van der Waals surface area contributed by atoms with E-state index in [-0.39, 0.29) is 5.82 Å². The van der Waals surface area contributed by atoms with Gasteiger partial charge in [0.25, 0.3) is 0 Å². The standard InChI is InChI=1S/C9H10FNO/c10-9-4-2-1-3-8(9)5-6-11-7-12/h1-4,7H,5-6H2,(H,11,12). The lowest BCUT2D eigenvalue weighted by Gasteiger charge is -2.00. The number of carbonyl (C=O) groups is 1. The van der Waals surface area contributed by atoms with E-state index in [0.29, 0.717) is 24.9 Å². The zero-order valence-corrected chi connectivity index (χ0v) is 6.59. The van der Waals surface area contributed by atoms with Crippen molar-refractivity contribution in [1.29, 1.82) is 0 Å². The highest BCUT2D eigenvalue weighted by atomic mass is 19.1. The molecule has 64 valence electrons. The summed E-state index contributed by atoms with van der Waals surface area (Å²) in [7, 11) is 0. The van der Waals surface area contributed by atoms with Gasteiger partial charge in [-0.2, -0.15) is 0 Å². The van der Waals surface area contributed by atoms with Crippen molar-refractivity contribution in [3.05, 3.63) is 35.6 Å². The van der Waals surface area contributed by atoms with E-state index in [2.05, 4.69) is 5.32 Å². The van der Waals surface area contributed by atoms with Gasteiger partial charge in [0.1, 0.15) is 5.82 Å². The van der Waals surface area contributed by atoms with Crippen LogP contribution >= 0.6 is 0 Å². The van der Waals surface area contributed by atoms with Crippen LogP contribution in [0, 0.1) is 5.82 Å². The highest BCUT2D eigenvalue weighted by Crippen LogP contribution is 2.05. The van der Waals surface area contributed by atoms with Gasteiger partial charge in [0.05, 0.1) is 0 Å². The Balaban J connectivity index is 2.51. The molecule has 3 heteroatoms. The Kier molecular flexibility index (Phi) is 3.26. The summed E-state index contributed by atoms with van der Waals surface area (Å²) in [6, 6.07) is 6.55. The minimum atomic E-state index is -0.217. The second-order valence-corrected chi connectivity index (χ2v) is 2.41. The molecule has 0 aliphatic rings. The first kappa shape index (κ1) is 8.71. The van der Waals surface area contributed by atoms with Crippen LogP contribution < -0.4 is 5.32 Å². The molecule has 0 bridgehead atoms. The largest absolute Gasteiger partial charge is 0.358 e.